The first kappa shape index (κ1) is 17.8. The van der Waals surface area contributed by atoms with Gasteiger partial charge in [-0.2, -0.15) is 0 Å². The molecule has 2 N–H and O–H groups in total. The van der Waals surface area contributed by atoms with Crippen LogP contribution in [0.2, 0.25) is 0 Å². The molecule has 0 aliphatic heterocycles. The molecule has 18 heavy (non-hydrogen) atoms. The maximum Gasteiger partial charge on any atom is 0.0589 e. The summed E-state index contributed by atoms with van der Waals surface area (Å²) in [5.74, 6) is 0. The highest BCUT2D eigenvalue weighted by atomic mass is 16.5. The van der Waals surface area contributed by atoms with Crippen molar-refractivity contribution >= 4 is 0 Å². The van der Waals surface area contributed by atoms with Gasteiger partial charge in [0.2, 0.25) is 0 Å². The van der Waals surface area contributed by atoms with Gasteiger partial charge in [-0.15, -0.1) is 0 Å². The highest BCUT2D eigenvalue weighted by Gasteiger charge is 2.32. The summed E-state index contributed by atoms with van der Waals surface area (Å²) in [6.07, 6.45) is 1.03. The summed E-state index contributed by atoms with van der Waals surface area (Å²) in [6, 6.07) is 0.494. The molecule has 2 unspecified atom stereocenters. The van der Waals surface area contributed by atoms with Crippen molar-refractivity contribution in [2.75, 3.05) is 40.5 Å². The van der Waals surface area contributed by atoms with E-state index in [-0.39, 0.29) is 11.5 Å². The number of nitrogens with two attached hydrogens (primary N) is 1. The zero-order valence-electron chi connectivity index (χ0n) is 13.0. The summed E-state index contributed by atoms with van der Waals surface area (Å²) in [7, 11) is 3.48. The van der Waals surface area contributed by atoms with Crippen LogP contribution in [-0.2, 0) is 9.47 Å². The molecule has 0 rings (SSSR count). The first-order chi connectivity index (χ1) is 8.34. The van der Waals surface area contributed by atoms with Gasteiger partial charge in [-0.05, 0) is 18.8 Å². The maximum absolute atomic E-state index is 6.19. The molecular formula is C14H32N2O2. The second-order valence-electron chi connectivity index (χ2n) is 6.05. The molecule has 110 valence electrons. The molecule has 0 aromatic carbocycles. The fourth-order valence-corrected chi connectivity index (χ4v) is 2.68. The predicted molar refractivity (Wildman–Crippen MR) is 76.8 cm³/mol. The van der Waals surface area contributed by atoms with Gasteiger partial charge in [0.15, 0.2) is 0 Å². The Balaban J connectivity index is 4.64. The van der Waals surface area contributed by atoms with Crippen LogP contribution in [0.3, 0.4) is 0 Å². The summed E-state index contributed by atoms with van der Waals surface area (Å²) < 4.78 is 10.3. The van der Waals surface area contributed by atoms with Gasteiger partial charge in [-0.3, -0.25) is 4.90 Å². The number of hydrogen-bond acceptors (Lipinski definition) is 4. The molecule has 0 aliphatic carbocycles. The van der Waals surface area contributed by atoms with Gasteiger partial charge in [-0.25, -0.2) is 0 Å². The number of ether oxygens (including phenoxy) is 2. The van der Waals surface area contributed by atoms with Crippen LogP contribution >= 0.6 is 0 Å². The molecule has 0 fully saturated rings. The van der Waals surface area contributed by atoms with Crippen molar-refractivity contribution in [2.24, 2.45) is 11.1 Å². The van der Waals surface area contributed by atoms with E-state index in [2.05, 4.69) is 32.6 Å². The lowest BCUT2D eigenvalue weighted by Gasteiger charge is -2.42. The Morgan fingerprint density at radius 1 is 1.06 bits per heavy atom. The minimum Gasteiger partial charge on any atom is -0.385 e. The van der Waals surface area contributed by atoms with E-state index in [9.17, 15) is 0 Å². The van der Waals surface area contributed by atoms with Crippen LogP contribution in [0.5, 0.6) is 0 Å². The highest BCUT2D eigenvalue weighted by Crippen LogP contribution is 2.26. The molecule has 0 heterocycles. The van der Waals surface area contributed by atoms with Crippen molar-refractivity contribution in [3.8, 4) is 0 Å². The van der Waals surface area contributed by atoms with Crippen LogP contribution in [0.1, 0.15) is 34.1 Å². The molecule has 0 radical (unpaired) electrons. The molecule has 0 aromatic rings. The van der Waals surface area contributed by atoms with Crippen molar-refractivity contribution in [1.82, 2.24) is 4.90 Å². The van der Waals surface area contributed by atoms with Crippen molar-refractivity contribution < 1.29 is 9.47 Å². The predicted octanol–water partition coefficient (Wildman–Crippen LogP) is 1.73. The molecule has 0 saturated heterocycles. The molecular weight excluding hydrogens is 228 g/mol. The van der Waals surface area contributed by atoms with Crippen molar-refractivity contribution in [2.45, 2.75) is 46.2 Å². The van der Waals surface area contributed by atoms with Crippen LogP contribution in [0.15, 0.2) is 0 Å². The van der Waals surface area contributed by atoms with E-state index in [1.165, 1.54) is 0 Å². The summed E-state index contributed by atoms with van der Waals surface area (Å²) in [6.45, 7) is 12.3. The second kappa shape index (κ2) is 8.86. The Morgan fingerprint density at radius 3 is 2.00 bits per heavy atom. The number of nitrogens with zero attached hydrogens (tertiary/aromatic N) is 1. The zero-order valence-corrected chi connectivity index (χ0v) is 13.0. The van der Waals surface area contributed by atoms with Gasteiger partial charge in [0, 0.05) is 46.0 Å². The van der Waals surface area contributed by atoms with E-state index in [1.807, 2.05) is 0 Å². The highest BCUT2D eigenvalue weighted by molar-refractivity contribution is 4.89. The average molecular weight is 260 g/mol. The van der Waals surface area contributed by atoms with Crippen molar-refractivity contribution in [3.05, 3.63) is 0 Å². The Kier molecular flexibility index (Phi) is 8.78. The van der Waals surface area contributed by atoms with Gasteiger partial charge in [0.25, 0.3) is 0 Å². The minimum atomic E-state index is 0.143. The van der Waals surface area contributed by atoms with Crippen LogP contribution < -0.4 is 5.73 Å². The van der Waals surface area contributed by atoms with Gasteiger partial charge in [0.1, 0.15) is 0 Å². The van der Waals surface area contributed by atoms with Gasteiger partial charge < -0.3 is 15.2 Å². The van der Waals surface area contributed by atoms with Crippen LogP contribution in [-0.4, -0.2) is 57.5 Å². The SMILES string of the molecule is COCCCN(CCOC)C(C(C)N)C(C)(C)C. The molecule has 0 amide bonds. The normalized spacial score (nSPS) is 16.0. The quantitative estimate of drug-likeness (QED) is 0.641. The second-order valence-corrected chi connectivity index (χ2v) is 6.05. The summed E-state index contributed by atoms with van der Waals surface area (Å²) in [4.78, 5) is 2.44. The third-order valence-corrected chi connectivity index (χ3v) is 3.16. The fourth-order valence-electron chi connectivity index (χ4n) is 2.68. The van der Waals surface area contributed by atoms with E-state index in [1.54, 1.807) is 14.2 Å². The monoisotopic (exact) mass is 260 g/mol. The van der Waals surface area contributed by atoms with Crippen LogP contribution in [0.25, 0.3) is 0 Å². The Bertz CT molecular complexity index is 202. The summed E-state index contributed by atoms with van der Waals surface area (Å²) in [5, 5.41) is 0. The molecule has 0 aromatic heterocycles. The van der Waals surface area contributed by atoms with Gasteiger partial charge >= 0.3 is 0 Å². The van der Waals surface area contributed by atoms with E-state index < -0.39 is 0 Å². The molecule has 4 heteroatoms. The largest absolute Gasteiger partial charge is 0.385 e. The Hall–Kier alpha value is -0.160. The first-order valence-corrected chi connectivity index (χ1v) is 6.82. The lowest BCUT2D eigenvalue weighted by molar-refractivity contribution is 0.0481. The number of hydrogen-bond donors (Lipinski definition) is 1. The molecule has 0 saturated carbocycles. The lowest BCUT2D eigenvalue weighted by Crippen LogP contribution is -2.54. The molecule has 0 aliphatic rings. The molecule has 0 bridgehead atoms. The molecule has 4 nitrogen and oxygen atoms in total. The third kappa shape index (κ3) is 6.69. The van der Waals surface area contributed by atoms with Gasteiger partial charge in [0.05, 0.1) is 6.61 Å². The van der Waals surface area contributed by atoms with E-state index in [4.69, 9.17) is 15.2 Å². The average Bonchev–Trinajstić information content (AvgIpc) is 2.23. The van der Waals surface area contributed by atoms with E-state index >= 15 is 0 Å². The Labute approximate surface area is 113 Å². The van der Waals surface area contributed by atoms with Crippen LogP contribution in [0, 0.1) is 5.41 Å². The minimum absolute atomic E-state index is 0.143. The summed E-state index contributed by atoms with van der Waals surface area (Å²) >= 11 is 0. The smallest absolute Gasteiger partial charge is 0.0589 e. The van der Waals surface area contributed by atoms with E-state index in [0.29, 0.717) is 6.04 Å². The molecule has 0 spiro atoms. The summed E-state index contributed by atoms with van der Waals surface area (Å²) in [5.41, 5.74) is 6.35. The van der Waals surface area contributed by atoms with Crippen molar-refractivity contribution in [1.29, 1.82) is 0 Å². The first-order valence-electron chi connectivity index (χ1n) is 6.82. The third-order valence-electron chi connectivity index (χ3n) is 3.16. The van der Waals surface area contributed by atoms with Crippen LogP contribution in [0.4, 0.5) is 0 Å². The number of methoxy groups -OCH3 is 2. The van der Waals surface area contributed by atoms with Gasteiger partial charge in [-0.1, -0.05) is 20.8 Å². The maximum atomic E-state index is 6.19. The topological polar surface area (TPSA) is 47.7 Å². The Morgan fingerprint density at radius 2 is 1.61 bits per heavy atom. The number of rotatable bonds is 9. The standard InChI is InChI=1S/C14H32N2O2/c1-12(15)13(14(2,3)4)16(9-11-18-6)8-7-10-17-5/h12-13H,7-11,15H2,1-6H3. The fraction of sp³-hybridized carbons (Fsp3) is 1.00. The lowest BCUT2D eigenvalue weighted by atomic mass is 9.81. The van der Waals surface area contributed by atoms with E-state index in [0.717, 1.165) is 32.7 Å². The van der Waals surface area contributed by atoms with Crippen molar-refractivity contribution in [3.63, 3.8) is 0 Å². The molecule has 2 atom stereocenters. The zero-order chi connectivity index (χ0) is 14.2.